The average Bonchev–Trinajstić information content (AvgIpc) is 2.85. The summed E-state index contributed by atoms with van der Waals surface area (Å²) in [7, 11) is -1.29. The van der Waals surface area contributed by atoms with Crippen molar-refractivity contribution >= 4 is 20.3 Å². The number of ether oxygens (including phenoxy) is 2. The summed E-state index contributed by atoms with van der Waals surface area (Å²) in [5.41, 5.74) is -0.568. The summed E-state index contributed by atoms with van der Waals surface area (Å²) in [4.78, 5) is 29.2. The van der Waals surface area contributed by atoms with E-state index in [1.165, 1.54) is 0 Å². The highest BCUT2D eigenvalue weighted by Crippen LogP contribution is 2.38. The van der Waals surface area contributed by atoms with E-state index in [4.69, 9.17) is 9.47 Å². The van der Waals surface area contributed by atoms with Crippen LogP contribution in [0.15, 0.2) is 0 Å². The molecule has 0 saturated carbocycles. The number of aliphatic hydroxyl groups excluding tert-OH is 1. The minimum absolute atomic E-state index is 0.0489. The molecule has 2 amide bonds. The van der Waals surface area contributed by atoms with E-state index in [0.717, 1.165) is 18.9 Å². The van der Waals surface area contributed by atoms with Crippen molar-refractivity contribution in [3.8, 4) is 0 Å². The monoisotopic (exact) mass is 414 g/mol. The average molecular weight is 415 g/mol. The van der Waals surface area contributed by atoms with Crippen molar-refractivity contribution in [2.24, 2.45) is 5.92 Å². The zero-order chi connectivity index (χ0) is 21.3. The Bertz CT molecular complexity index is 572. The maximum Gasteiger partial charge on any atom is 0.410 e. The largest absolute Gasteiger partial charge is 0.450 e. The molecule has 0 unspecified atom stereocenters. The van der Waals surface area contributed by atoms with Gasteiger partial charge in [0.15, 0.2) is 0 Å². The molecule has 7 nitrogen and oxygen atoms in total. The molecule has 4 atom stereocenters. The van der Waals surface area contributed by atoms with Crippen molar-refractivity contribution < 1.29 is 24.2 Å². The highest BCUT2D eigenvalue weighted by Gasteiger charge is 2.52. The molecule has 0 aromatic carbocycles. The van der Waals surface area contributed by atoms with Crippen LogP contribution in [0, 0.1) is 5.92 Å². The normalized spacial score (nSPS) is 26.2. The number of aliphatic hydroxyl groups is 1. The van der Waals surface area contributed by atoms with Crippen LogP contribution in [0.5, 0.6) is 0 Å². The molecule has 162 valence electrons. The smallest absolute Gasteiger partial charge is 0.410 e. The first kappa shape index (κ1) is 23.0. The molecule has 0 aromatic rings. The van der Waals surface area contributed by atoms with Gasteiger partial charge >= 0.3 is 12.2 Å². The Morgan fingerprint density at radius 2 is 1.82 bits per heavy atom. The Hall–Kier alpha value is -1.28. The molecule has 2 saturated heterocycles. The number of fused-ring (bicyclic) bond motifs is 2. The van der Waals surface area contributed by atoms with E-state index in [9.17, 15) is 14.7 Å². The summed E-state index contributed by atoms with van der Waals surface area (Å²) in [6.45, 7) is 15.0. The van der Waals surface area contributed by atoms with Gasteiger partial charge in [-0.3, -0.25) is 4.90 Å². The third-order valence-electron chi connectivity index (χ3n) is 5.50. The molecule has 0 aliphatic carbocycles. The molecular formula is C20H38N2O5Si. The highest BCUT2D eigenvalue weighted by atomic mass is 28.3. The third-order valence-corrected chi connectivity index (χ3v) is 7.20. The van der Waals surface area contributed by atoms with Gasteiger partial charge in [-0.1, -0.05) is 26.6 Å². The summed E-state index contributed by atoms with van der Waals surface area (Å²) < 4.78 is 11.2. The van der Waals surface area contributed by atoms with E-state index in [1.54, 1.807) is 9.80 Å². The molecule has 8 heteroatoms. The van der Waals surface area contributed by atoms with Gasteiger partial charge in [-0.05, 0) is 39.7 Å². The Labute approximate surface area is 170 Å². The molecule has 0 aromatic heterocycles. The zero-order valence-electron chi connectivity index (χ0n) is 18.5. The molecular weight excluding hydrogens is 376 g/mol. The lowest BCUT2D eigenvalue weighted by molar-refractivity contribution is -0.0364. The van der Waals surface area contributed by atoms with Crippen LogP contribution in [0.25, 0.3) is 0 Å². The minimum Gasteiger partial charge on any atom is -0.450 e. The molecule has 2 aliphatic heterocycles. The molecule has 0 radical (unpaired) electrons. The Morgan fingerprint density at radius 3 is 2.36 bits per heavy atom. The fourth-order valence-corrected chi connectivity index (χ4v) is 4.81. The van der Waals surface area contributed by atoms with Gasteiger partial charge in [-0.2, -0.15) is 0 Å². The van der Waals surface area contributed by atoms with Gasteiger partial charge in [0.25, 0.3) is 0 Å². The summed E-state index contributed by atoms with van der Waals surface area (Å²) >= 11 is 0. The number of hydrogen-bond acceptors (Lipinski definition) is 5. The lowest BCUT2D eigenvalue weighted by Crippen LogP contribution is -2.65. The second kappa shape index (κ2) is 8.61. The Balaban J connectivity index is 2.15. The van der Waals surface area contributed by atoms with Gasteiger partial charge in [0.05, 0.1) is 24.7 Å². The first-order valence-electron chi connectivity index (χ1n) is 10.4. The van der Waals surface area contributed by atoms with Crippen LogP contribution in [-0.4, -0.2) is 78.7 Å². The van der Waals surface area contributed by atoms with Crippen LogP contribution in [0.2, 0.25) is 25.7 Å². The zero-order valence-corrected chi connectivity index (χ0v) is 19.5. The van der Waals surface area contributed by atoms with Crippen molar-refractivity contribution in [3.05, 3.63) is 0 Å². The second-order valence-corrected chi connectivity index (χ2v) is 16.0. The Morgan fingerprint density at radius 1 is 1.18 bits per heavy atom. The minimum atomic E-state index is -1.29. The number of hydrogen-bond donors (Lipinski definition) is 1. The molecule has 1 N–H and O–H groups in total. The molecule has 2 heterocycles. The molecule has 2 bridgehead atoms. The predicted octanol–water partition coefficient (Wildman–Crippen LogP) is 3.54. The summed E-state index contributed by atoms with van der Waals surface area (Å²) in [6, 6.07) is 0.437. The van der Waals surface area contributed by atoms with E-state index in [0.29, 0.717) is 13.2 Å². The van der Waals surface area contributed by atoms with Crippen molar-refractivity contribution in [2.75, 3.05) is 19.8 Å². The van der Waals surface area contributed by atoms with Gasteiger partial charge in [0.2, 0.25) is 0 Å². The van der Waals surface area contributed by atoms with Crippen LogP contribution >= 0.6 is 0 Å². The lowest BCUT2D eigenvalue weighted by Gasteiger charge is -2.48. The standard InChI is InChI=1S/C20H38N2O5Si/c1-14(13-23)17-16-9-8-15(22(16)19(25)27-20(2,3)4)12-21(17)18(24)26-10-11-28(5,6)7/h14-17,23H,8-13H2,1-7H3/t14-,15-,16+,17+/m1/s1. The molecule has 0 spiro atoms. The predicted molar refractivity (Wildman–Crippen MR) is 111 cm³/mol. The van der Waals surface area contributed by atoms with Crippen LogP contribution in [-0.2, 0) is 9.47 Å². The van der Waals surface area contributed by atoms with Crippen LogP contribution in [0.3, 0.4) is 0 Å². The van der Waals surface area contributed by atoms with E-state index in [2.05, 4.69) is 19.6 Å². The first-order valence-corrected chi connectivity index (χ1v) is 14.1. The van der Waals surface area contributed by atoms with E-state index in [-0.39, 0.29) is 42.8 Å². The fourth-order valence-electron chi connectivity index (χ4n) is 4.10. The molecule has 2 aliphatic rings. The van der Waals surface area contributed by atoms with Crippen LogP contribution in [0.4, 0.5) is 9.59 Å². The maximum atomic E-state index is 12.8. The molecule has 2 fully saturated rings. The van der Waals surface area contributed by atoms with Gasteiger partial charge in [0, 0.05) is 27.1 Å². The number of nitrogens with zero attached hydrogens (tertiary/aromatic N) is 2. The summed E-state index contributed by atoms with van der Waals surface area (Å²) in [5, 5.41) is 9.80. The number of carbonyl (C=O) groups excluding carboxylic acids is 2. The highest BCUT2D eigenvalue weighted by molar-refractivity contribution is 6.76. The van der Waals surface area contributed by atoms with Crippen molar-refractivity contribution in [1.29, 1.82) is 0 Å². The number of piperazine rings is 1. The number of amides is 2. The van der Waals surface area contributed by atoms with E-state index >= 15 is 0 Å². The molecule has 2 rings (SSSR count). The Kier molecular flexibility index (Phi) is 7.07. The van der Waals surface area contributed by atoms with Crippen LogP contribution in [0.1, 0.15) is 40.5 Å². The summed E-state index contributed by atoms with van der Waals surface area (Å²) in [6.07, 6.45) is 0.973. The SMILES string of the molecule is C[C@H](CO)[C@H]1[C@@H]2CC[C@H](CN1C(=O)OCC[Si](C)(C)C)N2C(=O)OC(C)(C)C. The van der Waals surface area contributed by atoms with Crippen molar-refractivity contribution in [3.63, 3.8) is 0 Å². The van der Waals surface area contributed by atoms with Gasteiger partial charge in [-0.15, -0.1) is 0 Å². The summed E-state index contributed by atoms with van der Waals surface area (Å²) in [5.74, 6) is -0.154. The third kappa shape index (κ3) is 5.62. The molecule has 28 heavy (non-hydrogen) atoms. The quantitative estimate of drug-likeness (QED) is 0.696. The van der Waals surface area contributed by atoms with Gasteiger partial charge in [-0.25, -0.2) is 9.59 Å². The maximum absolute atomic E-state index is 12.8. The fraction of sp³-hybridized carbons (Fsp3) is 0.900. The number of carbonyl (C=O) groups is 2. The van der Waals surface area contributed by atoms with E-state index in [1.807, 2.05) is 27.7 Å². The topological polar surface area (TPSA) is 79.3 Å². The van der Waals surface area contributed by atoms with Gasteiger partial charge in [0.1, 0.15) is 5.60 Å². The number of likely N-dealkylation sites (tertiary alicyclic amines) is 1. The van der Waals surface area contributed by atoms with Crippen molar-refractivity contribution in [1.82, 2.24) is 9.80 Å². The first-order chi connectivity index (χ1) is 12.8. The van der Waals surface area contributed by atoms with Gasteiger partial charge < -0.3 is 19.5 Å². The number of rotatable bonds is 5. The second-order valence-electron chi connectivity index (χ2n) is 10.4. The van der Waals surface area contributed by atoms with Crippen molar-refractivity contribution in [2.45, 2.75) is 89.9 Å². The van der Waals surface area contributed by atoms with E-state index < -0.39 is 13.7 Å². The van der Waals surface area contributed by atoms with Crippen LogP contribution < -0.4 is 0 Å². The lowest BCUT2D eigenvalue weighted by atomic mass is 9.91.